The Kier molecular flexibility index (Phi) is 10.9. The van der Waals surface area contributed by atoms with Gasteiger partial charge in [-0.3, -0.25) is 0 Å². The number of carbonyl (C=O) groups is 3. The van der Waals surface area contributed by atoms with Crippen molar-refractivity contribution in [3.05, 3.63) is 35.9 Å². The summed E-state index contributed by atoms with van der Waals surface area (Å²) in [6, 6.07) is 7.79. The second kappa shape index (κ2) is 14.2. The fraction of sp³-hybridized carbons (Fsp3) is 0.710. The minimum atomic E-state index is -0.877. The molecule has 11 heteroatoms. The zero-order valence-corrected chi connectivity index (χ0v) is 25.4. The van der Waals surface area contributed by atoms with E-state index in [4.69, 9.17) is 28.5 Å². The minimum Gasteiger partial charge on any atom is -0.467 e. The number of benzene rings is 1. The molecule has 3 aliphatic rings. The molecule has 3 fully saturated rings. The van der Waals surface area contributed by atoms with Gasteiger partial charge in [0, 0.05) is 13.7 Å². The molecule has 2 saturated heterocycles. The van der Waals surface area contributed by atoms with E-state index in [0.717, 1.165) is 19.3 Å². The van der Waals surface area contributed by atoms with E-state index in [1.165, 1.54) is 7.11 Å². The Morgan fingerprint density at radius 3 is 2.48 bits per heavy atom. The van der Waals surface area contributed by atoms with Gasteiger partial charge in [0.1, 0.15) is 29.5 Å². The van der Waals surface area contributed by atoms with Crippen LogP contribution in [0.5, 0.6) is 0 Å². The van der Waals surface area contributed by atoms with Gasteiger partial charge in [0.05, 0.1) is 31.3 Å². The first kappa shape index (κ1) is 32.2. The summed E-state index contributed by atoms with van der Waals surface area (Å²) in [6.07, 6.45) is 3.38. The Bertz CT molecular complexity index is 1060. The van der Waals surface area contributed by atoms with E-state index < -0.39 is 41.9 Å². The third kappa shape index (κ3) is 7.80. The number of alkyl carbamates (subject to hydrolysis) is 1. The molecule has 1 spiro atoms. The van der Waals surface area contributed by atoms with Crippen LogP contribution in [0.25, 0.3) is 0 Å². The number of esters is 1. The van der Waals surface area contributed by atoms with Crippen molar-refractivity contribution >= 4 is 18.0 Å². The third-order valence-electron chi connectivity index (χ3n) is 8.74. The molecule has 0 bridgehead atoms. The standard InChI is InChI=1S/C31H46N2O9/c1-20(2)14-15-24-30(3,41-24)26-25(37-4)23(16-17-31(26)19-39-31)40-29(36)33-22(28(35)38-5)13-9-10-18-32-42-27(34)21-11-7-6-8-12-21/h6-8,11-12,20,22-26,32H,9-10,13-19H2,1-5H3,(H,33,36)/t22?,23?,24-,25?,26?,30+,31+/m1/s1. The zero-order chi connectivity index (χ0) is 30.3. The average Bonchev–Trinajstić information content (AvgIpc) is 3.90. The summed E-state index contributed by atoms with van der Waals surface area (Å²) >= 11 is 0. The number of amides is 1. The summed E-state index contributed by atoms with van der Waals surface area (Å²) in [5.74, 6) is -0.513. The number of hydrogen-bond acceptors (Lipinski definition) is 10. The summed E-state index contributed by atoms with van der Waals surface area (Å²) in [6.45, 7) is 7.56. The molecule has 1 saturated carbocycles. The van der Waals surface area contributed by atoms with E-state index in [9.17, 15) is 14.4 Å². The molecule has 2 heterocycles. The van der Waals surface area contributed by atoms with Gasteiger partial charge >= 0.3 is 18.0 Å². The number of hydrogen-bond donors (Lipinski definition) is 2. The summed E-state index contributed by atoms with van der Waals surface area (Å²) in [5, 5.41) is 2.68. The molecule has 42 heavy (non-hydrogen) atoms. The van der Waals surface area contributed by atoms with Gasteiger partial charge in [0.25, 0.3) is 0 Å². The quantitative estimate of drug-likeness (QED) is 0.102. The normalized spacial score (nSPS) is 30.4. The molecule has 2 aliphatic heterocycles. The highest BCUT2D eigenvalue weighted by Gasteiger charge is 2.72. The van der Waals surface area contributed by atoms with E-state index in [1.807, 2.05) is 6.07 Å². The summed E-state index contributed by atoms with van der Waals surface area (Å²) < 4.78 is 29.0. The van der Waals surface area contributed by atoms with Gasteiger partial charge in [0.15, 0.2) is 0 Å². The highest BCUT2D eigenvalue weighted by molar-refractivity contribution is 5.89. The number of rotatable bonds is 15. The second-order valence-electron chi connectivity index (χ2n) is 12.1. The van der Waals surface area contributed by atoms with Crippen LogP contribution in [0.1, 0.15) is 76.1 Å². The molecule has 4 unspecified atom stereocenters. The summed E-state index contributed by atoms with van der Waals surface area (Å²) in [4.78, 5) is 42.5. The second-order valence-corrected chi connectivity index (χ2v) is 12.1. The Morgan fingerprint density at radius 1 is 1.10 bits per heavy atom. The van der Waals surface area contributed by atoms with E-state index in [2.05, 4.69) is 31.6 Å². The lowest BCUT2D eigenvalue weighted by Gasteiger charge is -2.42. The topological polar surface area (TPSA) is 137 Å². The van der Waals surface area contributed by atoms with E-state index in [-0.39, 0.29) is 17.6 Å². The molecule has 4 rings (SSSR count). The van der Waals surface area contributed by atoms with Crippen LogP contribution in [-0.2, 0) is 33.3 Å². The van der Waals surface area contributed by atoms with E-state index in [0.29, 0.717) is 50.3 Å². The molecule has 7 atom stereocenters. The molecular formula is C31H46N2O9. The Morgan fingerprint density at radius 2 is 1.83 bits per heavy atom. The first-order chi connectivity index (χ1) is 20.1. The molecule has 1 aliphatic carbocycles. The lowest BCUT2D eigenvalue weighted by Crippen LogP contribution is -2.56. The van der Waals surface area contributed by atoms with Crippen molar-refractivity contribution in [1.29, 1.82) is 0 Å². The summed E-state index contributed by atoms with van der Waals surface area (Å²) in [7, 11) is 2.91. The fourth-order valence-electron chi connectivity index (χ4n) is 6.28. The minimum absolute atomic E-state index is 0.0707. The maximum Gasteiger partial charge on any atom is 0.408 e. The monoisotopic (exact) mass is 590 g/mol. The first-order valence-corrected chi connectivity index (χ1v) is 15.0. The first-order valence-electron chi connectivity index (χ1n) is 15.0. The smallest absolute Gasteiger partial charge is 0.408 e. The van der Waals surface area contributed by atoms with Crippen molar-refractivity contribution in [3.63, 3.8) is 0 Å². The predicted octanol–water partition coefficient (Wildman–Crippen LogP) is 3.94. The number of hydroxylamine groups is 1. The van der Waals surface area contributed by atoms with Crippen LogP contribution in [-0.4, -0.2) is 81.0 Å². The van der Waals surface area contributed by atoms with Gasteiger partial charge in [-0.2, -0.15) is 5.48 Å². The highest BCUT2D eigenvalue weighted by atomic mass is 16.7. The molecule has 0 aromatic heterocycles. The van der Waals surface area contributed by atoms with Crippen LogP contribution in [0.4, 0.5) is 4.79 Å². The van der Waals surface area contributed by atoms with Crippen LogP contribution in [0.3, 0.4) is 0 Å². The molecule has 1 aromatic carbocycles. The molecule has 0 radical (unpaired) electrons. The maximum atomic E-state index is 13.0. The van der Waals surface area contributed by atoms with Crippen molar-refractivity contribution in [2.75, 3.05) is 27.4 Å². The molecule has 234 valence electrons. The lowest BCUT2D eigenvalue weighted by atomic mass is 9.68. The number of unbranched alkanes of at least 4 members (excludes halogenated alkanes) is 1. The largest absolute Gasteiger partial charge is 0.467 e. The average molecular weight is 591 g/mol. The van der Waals surface area contributed by atoms with Crippen molar-refractivity contribution < 1.29 is 42.9 Å². The van der Waals surface area contributed by atoms with Gasteiger partial charge in [-0.1, -0.05) is 32.0 Å². The highest BCUT2D eigenvalue weighted by Crippen LogP contribution is 2.59. The summed E-state index contributed by atoms with van der Waals surface area (Å²) in [5.41, 5.74) is 2.38. The van der Waals surface area contributed by atoms with Gasteiger partial charge in [-0.05, 0) is 69.9 Å². The van der Waals surface area contributed by atoms with Crippen molar-refractivity contribution in [3.8, 4) is 0 Å². The molecular weight excluding hydrogens is 544 g/mol. The maximum absolute atomic E-state index is 13.0. The number of carbonyl (C=O) groups excluding carboxylic acids is 3. The number of epoxide rings is 2. The van der Waals surface area contributed by atoms with Crippen molar-refractivity contribution in [2.45, 2.75) is 101 Å². The fourth-order valence-corrected chi connectivity index (χ4v) is 6.28. The van der Waals surface area contributed by atoms with E-state index >= 15 is 0 Å². The van der Waals surface area contributed by atoms with Crippen LogP contribution < -0.4 is 10.8 Å². The third-order valence-corrected chi connectivity index (χ3v) is 8.74. The van der Waals surface area contributed by atoms with E-state index in [1.54, 1.807) is 31.4 Å². The number of methoxy groups -OCH3 is 2. The van der Waals surface area contributed by atoms with Crippen LogP contribution in [0, 0.1) is 11.8 Å². The predicted molar refractivity (Wildman–Crippen MR) is 152 cm³/mol. The van der Waals surface area contributed by atoms with Gasteiger partial charge < -0.3 is 33.8 Å². The van der Waals surface area contributed by atoms with Crippen LogP contribution >= 0.6 is 0 Å². The number of ether oxygens (including phenoxy) is 5. The van der Waals surface area contributed by atoms with Gasteiger partial charge in [0.2, 0.25) is 0 Å². The number of nitrogens with one attached hydrogen (secondary N) is 2. The molecule has 1 aromatic rings. The zero-order valence-electron chi connectivity index (χ0n) is 25.4. The Labute approximate surface area is 248 Å². The van der Waals surface area contributed by atoms with Gasteiger partial charge in [-0.15, -0.1) is 0 Å². The van der Waals surface area contributed by atoms with Crippen molar-refractivity contribution in [2.24, 2.45) is 11.8 Å². The van der Waals surface area contributed by atoms with Crippen LogP contribution in [0.15, 0.2) is 30.3 Å². The Balaban J connectivity index is 1.25. The SMILES string of the molecule is COC(=O)C(CCCCNOC(=O)c1ccccc1)NC(=O)OC1CC[C@]2(CO2)C([C@@]2(C)O[C@@H]2CCC(C)C)C1OC. The van der Waals surface area contributed by atoms with Crippen LogP contribution in [0.2, 0.25) is 0 Å². The Hall–Kier alpha value is -2.73. The van der Waals surface area contributed by atoms with Gasteiger partial charge in [-0.25, -0.2) is 14.4 Å². The lowest BCUT2D eigenvalue weighted by molar-refractivity contribution is -0.143. The molecule has 2 N–H and O–H groups in total. The molecule has 11 nitrogen and oxygen atoms in total. The van der Waals surface area contributed by atoms with Crippen molar-refractivity contribution in [1.82, 2.24) is 10.8 Å². The molecule has 1 amide bonds.